The van der Waals surface area contributed by atoms with Gasteiger partial charge in [-0.15, -0.1) is 23.5 Å². The van der Waals surface area contributed by atoms with Gasteiger partial charge in [0.05, 0.1) is 4.58 Å². The smallest absolute Gasteiger partial charge is 0.0806 e. The largest absolute Gasteiger partial charge is 0.258 e. The van der Waals surface area contributed by atoms with Gasteiger partial charge in [-0.3, -0.25) is 4.21 Å². The number of hydrogen-bond acceptors (Lipinski definition) is 3. The molecule has 4 heteroatoms. The van der Waals surface area contributed by atoms with Crippen molar-refractivity contribution in [3.05, 3.63) is 30.3 Å². The summed E-state index contributed by atoms with van der Waals surface area (Å²) >= 11 is 3.90. The van der Waals surface area contributed by atoms with Gasteiger partial charge in [0.1, 0.15) is 0 Å². The van der Waals surface area contributed by atoms with Gasteiger partial charge in [0, 0.05) is 21.4 Å². The molecular formula is C19H30OS3. The molecule has 23 heavy (non-hydrogen) atoms. The van der Waals surface area contributed by atoms with Crippen LogP contribution in [0.3, 0.4) is 0 Å². The lowest BCUT2D eigenvalue weighted by atomic mass is 9.84. The highest BCUT2D eigenvalue weighted by Crippen LogP contribution is 2.36. The van der Waals surface area contributed by atoms with Crippen LogP contribution in [0.2, 0.25) is 0 Å². The third-order valence-electron chi connectivity index (χ3n) is 4.32. The summed E-state index contributed by atoms with van der Waals surface area (Å²) in [4.78, 5) is 1.38. The molecule has 0 aromatic heterocycles. The van der Waals surface area contributed by atoms with E-state index in [-0.39, 0.29) is 0 Å². The first-order chi connectivity index (χ1) is 11.1. The van der Waals surface area contributed by atoms with Crippen molar-refractivity contribution < 1.29 is 4.21 Å². The second-order valence-corrected chi connectivity index (χ2v) is 11.6. The molecule has 1 aromatic rings. The van der Waals surface area contributed by atoms with Crippen molar-refractivity contribution in [1.29, 1.82) is 0 Å². The highest BCUT2D eigenvalue weighted by molar-refractivity contribution is 8.11. The van der Waals surface area contributed by atoms with Gasteiger partial charge in [0.25, 0.3) is 0 Å². The molecule has 1 aliphatic heterocycles. The number of thioether (sulfide) groups is 2. The SMILES string of the molecule is CC(C)(CCCCCSc1ccccc1)C[C@H]1SCCCS1=O. The number of benzene rings is 1. The Morgan fingerprint density at radius 2 is 2.00 bits per heavy atom. The molecule has 1 aromatic carbocycles. The first-order valence-electron chi connectivity index (χ1n) is 8.73. The zero-order chi connectivity index (χ0) is 16.5. The topological polar surface area (TPSA) is 17.1 Å². The van der Waals surface area contributed by atoms with Crippen LogP contribution < -0.4 is 0 Å². The first-order valence-corrected chi connectivity index (χ1v) is 12.2. The molecule has 130 valence electrons. The molecule has 1 aliphatic rings. The summed E-state index contributed by atoms with van der Waals surface area (Å²) in [6.07, 6.45) is 7.41. The van der Waals surface area contributed by atoms with Crippen LogP contribution >= 0.6 is 23.5 Å². The van der Waals surface area contributed by atoms with Crippen molar-refractivity contribution in [2.45, 2.75) is 61.8 Å². The van der Waals surface area contributed by atoms with Crippen molar-refractivity contribution in [2.24, 2.45) is 5.41 Å². The van der Waals surface area contributed by atoms with Crippen molar-refractivity contribution in [2.75, 3.05) is 17.3 Å². The molecule has 1 nitrogen and oxygen atoms in total. The standard InChI is InChI=1S/C19H30OS3/c1-19(2,16-18-22-14-9-15-23(18)20)12-7-4-8-13-21-17-10-5-3-6-11-17/h3,5-6,10-11,18H,4,7-9,12-16H2,1-2H3/t18-,23?/m0/s1. The van der Waals surface area contributed by atoms with E-state index in [0.717, 1.165) is 18.6 Å². The minimum atomic E-state index is -0.596. The van der Waals surface area contributed by atoms with E-state index >= 15 is 0 Å². The monoisotopic (exact) mass is 370 g/mol. The minimum absolute atomic E-state index is 0.331. The van der Waals surface area contributed by atoms with Crippen LogP contribution in [-0.4, -0.2) is 26.0 Å². The summed E-state index contributed by atoms with van der Waals surface area (Å²) in [5.74, 6) is 3.33. The summed E-state index contributed by atoms with van der Waals surface area (Å²) in [7, 11) is -0.596. The molecule has 0 spiro atoms. The second-order valence-electron chi connectivity index (χ2n) is 7.08. The molecule has 0 amide bonds. The molecule has 1 unspecified atom stereocenters. The van der Waals surface area contributed by atoms with E-state index in [1.165, 1.54) is 42.1 Å². The lowest BCUT2D eigenvalue weighted by Gasteiger charge is -2.31. The van der Waals surface area contributed by atoms with Crippen LogP contribution in [0, 0.1) is 5.41 Å². The fraction of sp³-hybridized carbons (Fsp3) is 0.684. The average Bonchev–Trinajstić information content (AvgIpc) is 2.54. The van der Waals surface area contributed by atoms with Gasteiger partial charge >= 0.3 is 0 Å². The van der Waals surface area contributed by atoms with Crippen molar-refractivity contribution in [3.63, 3.8) is 0 Å². The second kappa shape index (κ2) is 10.1. The van der Waals surface area contributed by atoms with Gasteiger partial charge in [-0.05, 0) is 54.7 Å². The van der Waals surface area contributed by atoms with Crippen LogP contribution in [0.25, 0.3) is 0 Å². The quantitative estimate of drug-likeness (QED) is 0.394. The third kappa shape index (κ3) is 7.66. The zero-order valence-electron chi connectivity index (χ0n) is 14.5. The maximum Gasteiger partial charge on any atom is 0.0806 e. The van der Waals surface area contributed by atoms with Gasteiger partial charge in [0.15, 0.2) is 0 Å². The van der Waals surface area contributed by atoms with Crippen LogP contribution in [0.5, 0.6) is 0 Å². The Kier molecular flexibility index (Phi) is 8.56. The summed E-state index contributed by atoms with van der Waals surface area (Å²) in [5, 5.41) is 0. The Balaban J connectivity index is 1.58. The summed E-state index contributed by atoms with van der Waals surface area (Å²) in [6.45, 7) is 4.72. The summed E-state index contributed by atoms with van der Waals surface area (Å²) < 4.78 is 12.5. The summed E-state index contributed by atoms with van der Waals surface area (Å²) in [5.41, 5.74) is 0.331. The number of unbranched alkanes of at least 4 members (excludes halogenated alkanes) is 2. The van der Waals surface area contributed by atoms with Crippen molar-refractivity contribution in [1.82, 2.24) is 0 Å². The minimum Gasteiger partial charge on any atom is -0.258 e. The van der Waals surface area contributed by atoms with Crippen molar-refractivity contribution in [3.8, 4) is 0 Å². The molecule has 1 fully saturated rings. The maximum atomic E-state index is 12.1. The Morgan fingerprint density at radius 1 is 1.22 bits per heavy atom. The molecule has 2 rings (SSSR count). The highest BCUT2D eigenvalue weighted by Gasteiger charge is 2.28. The number of rotatable bonds is 9. The van der Waals surface area contributed by atoms with Gasteiger partial charge in [-0.2, -0.15) is 0 Å². The van der Waals surface area contributed by atoms with Crippen LogP contribution in [-0.2, 0) is 10.8 Å². The first kappa shape index (κ1) is 19.4. The third-order valence-corrected chi connectivity index (χ3v) is 8.97. The molecule has 1 saturated heterocycles. The molecule has 1 heterocycles. The molecule has 0 aliphatic carbocycles. The Hall–Kier alpha value is 0.0700. The Bertz CT molecular complexity index is 473. The van der Waals surface area contributed by atoms with Gasteiger partial charge < -0.3 is 0 Å². The highest BCUT2D eigenvalue weighted by atomic mass is 32.2. The molecule has 0 bridgehead atoms. The normalized spacial score (nSPS) is 22.2. The molecule has 0 saturated carbocycles. The predicted octanol–water partition coefficient (Wildman–Crippen LogP) is 5.97. The lowest BCUT2D eigenvalue weighted by Crippen LogP contribution is -2.27. The van der Waals surface area contributed by atoms with E-state index in [0.29, 0.717) is 10.00 Å². The summed E-state index contributed by atoms with van der Waals surface area (Å²) in [6, 6.07) is 10.7. The van der Waals surface area contributed by atoms with Gasteiger partial charge in [0.2, 0.25) is 0 Å². The lowest BCUT2D eigenvalue weighted by molar-refractivity contribution is 0.306. The van der Waals surface area contributed by atoms with Crippen LogP contribution in [0.1, 0.15) is 52.4 Å². The molecule has 2 atom stereocenters. The predicted molar refractivity (Wildman–Crippen MR) is 108 cm³/mol. The molecule has 0 N–H and O–H groups in total. The Labute approximate surface area is 153 Å². The fourth-order valence-corrected chi connectivity index (χ4v) is 7.69. The zero-order valence-corrected chi connectivity index (χ0v) is 16.9. The van der Waals surface area contributed by atoms with Gasteiger partial charge in [-0.1, -0.05) is 44.9 Å². The van der Waals surface area contributed by atoms with E-state index in [1.54, 1.807) is 0 Å². The van der Waals surface area contributed by atoms with Gasteiger partial charge in [-0.25, -0.2) is 0 Å². The van der Waals surface area contributed by atoms with E-state index in [2.05, 4.69) is 44.2 Å². The Morgan fingerprint density at radius 3 is 2.74 bits per heavy atom. The van der Waals surface area contributed by atoms with Crippen LogP contribution in [0.15, 0.2) is 35.2 Å². The fourth-order valence-electron chi connectivity index (χ4n) is 2.92. The van der Waals surface area contributed by atoms with E-state index in [9.17, 15) is 4.21 Å². The molecule has 0 radical (unpaired) electrons. The maximum absolute atomic E-state index is 12.1. The van der Waals surface area contributed by atoms with E-state index in [4.69, 9.17) is 0 Å². The van der Waals surface area contributed by atoms with E-state index in [1.807, 2.05) is 23.5 Å². The van der Waals surface area contributed by atoms with E-state index < -0.39 is 10.8 Å². The van der Waals surface area contributed by atoms with Crippen LogP contribution in [0.4, 0.5) is 0 Å². The molecular weight excluding hydrogens is 340 g/mol. The average molecular weight is 371 g/mol. The number of hydrogen-bond donors (Lipinski definition) is 0. The van der Waals surface area contributed by atoms with Crippen molar-refractivity contribution >= 4 is 34.3 Å².